The number of benzene rings is 2. The van der Waals surface area contributed by atoms with E-state index >= 15 is 0 Å². The summed E-state index contributed by atoms with van der Waals surface area (Å²) in [5, 5.41) is 11.0. The molecule has 0 aliphatic rings. The summed E-state index contributed by atoms with van der Waals surface area (Å²) < 4.78 is 4.21. The van der Waals surface area contributed by atoms with Gasteiger partial charge in [0.05, 0.1) is 17.0 Å². The van der Waals surface area contributed by atoms with Crippen LogP contribution in [-0.2, 0) is 13.5 Å². The molecule has 0 unspecified atom stereocenters. The van der Waals surface area contributed by atoms with Gasteiger partial charge >= 0.3 is 5.97 Å². The Labute approximate surface area is 202 Å². The summed E-state index contributed by atoms with van der Waals surface area (Å²) in [6.07, 6.45) is 4.80. The van der Waals surface area contributed by atoms with Crippen LogP contribution in [0.4, 0.5) is 0 Å². The number of carbonyl (C=O) groups is 1. The fraction of sp³-hybridized carbons (Fsp3) is 0.120. The Morgan fingerprint density at radius 3 is 2.61 bits per heavy atom. The summed E-state index contributed by atoms with van der Waals surface area (Å²) in [6.45, 7) is 2.13. The number of imidazole rings is 1. The fourth-order valence-corrected chi connectivity index (χ4v) is 4.35. The van der Waals surface area contributed by atoms with Crippen LogP contribution in [0.25, 0.3) is 27.8 Å². The quantitative estimate of drug-likeness (QED) is 0.430. The smallest absolute Gasteiger partial charge is 0.336 e. The third-order valence-electron chi connectivity index (χ3n) is 5.70. The van der Waals surface area contributed by atoms with Crippen molar-refractivity contribution >= 4 is 52.1 Å². The first kappa shape index (κ1) is 21.4. The van der Waals surface area contributed by atoms with E-state index in [0.717, 1.165) is 11.3 Å². The number of rotatable bonds is 4. The van der Waals surface area contributed by atoms with Crippen LogP contribution >= 0.6 is 0 Å². The van der Waals surface area contributed by atoms with Gasteiger partial charge in [-0.3, -0.25) is 0 Å². The first-order valence-corrected chi connectivity index (χ1v) is 9.87. The molecule has 149 valence electrons. The molecule has 6 heteroatoms. The SMILES string of the molecule is Cc1cccc2c1c(Cc1c(-c3ccccc3C(=O)O)nc3ccccn13)cn2C.[Na]. The van der Waals surface area contributed by atoms with Crippen molar-refractivity contribution in [3.63, 3.8) is 0 Å². The van der Waals surface area contributed by atoms with Crippen LogP contribution in [0.5, 0.6) is 0 Å². The van der Waals surface area contributed by atoms with Crippen molar-refractivity contribution in [2.75, 3.05) is 0 Å². The monoisotopic (exact) mass is 418 g/mol. The van der Waals surface area contributed by atoms with Crippen molar-refractivity contribution in [1.29, 1.82) is 0 Å². The molecule has 0 atom stereocenters. The van der Waals surface area contributed by atoms with Gasteiger partial charge in [-0.2, -0.15) is 0 Å². The average Bonchev–Trinajstić information content (AvgIpc) is 3.27. The van der Waals surface area contributed by atoms with Crippen molar-refractivity contribution in [1.82, 2.24) is 14.0 Å². The molecule has 5 aromatic rings. The number of aryl methyl sites for hydroxylation is 2. The fourth-order valence-electron chi connectivity index (χ4n) is 4.35. The first-order valence-electron chi connectivity index (χ1n) is 9.87. The molecule has 2 aromatic carbocycles. The minimum absolute atomic E-state index is 0. The van der Waals surface area contributed by atoms with Gasteiger partial charge < -0.3 is 14.1 Å². The molecule has 5 nitrogen and oxygen atoms in total. The van der Waals surface area contributed by atoms with E-state index < -0.39 is 5.97 Å². The largest absolute Gasteiger partial charge is 0.478 e. The van der Waals surface area contributed by atoms with E-state index in [1.807, 2.05) is 36.5 Å². The third-order valence-corrected chi connectivity index (χ3v) is 5.70. The van der Waals surface area contributed by atoms with E-state index in [1.165, 1.54) is 22.0 Å². The Morgan fingerprint density at radius 1 is 1.03 bits per heavy atom. The molecular formula is C25H21N3NaO2. The number of aromatic carboxylic acids is 1. The van der Waals surface area contributed by atoms with Crippen molar-refractivity contribution in [3.8, 4) is 11.3 Å². The molecule has 1 N–H and O–H groups in total. The van der Waals surface area contributed by atoms with Gasteiger partial charge in [0.1, 0.15) is 5.65 Å². The summed E-state index contributed by atoms with van der Waals surface area (Å²) in [5.41, 5.74) is 7.01. The average molecular weight is 418 g/mol. The maximum atomic E-state index is 11.9. The molecular weight excluding hydrogens is 397 g/mol. The Balaban J connectivity index is 0.00000231. The van der Waals surface area contributed by atoms with Crippen LogP contribution in [0.15, 0.2) is 73.1 Å². The van der Waals surface area contributed by atoms with E-state index in [4.69, 9.17) is 4.98 Å². The van der Waals surface area contributed by atoms with Gasteiger partial charge in [-0.05, 0) is 42.3 Å². The van der Waals surface area contributed by atoms with E-state index in [-0.39, 0.29) is 35.1 Å². The molecule has 0 aliphatic heterocycles. The van der Waals surface area contributed by atoms with Gasteiger partial charge in [-0.1, -0.05) is 36.4 Å². The zero-order chi connectivity index (χ0) is 20.8. The summed E-state index contributed by atoms with van der Waals surface area (Å²) in [5.74, 6) is -0.949. The third kappa shape index (κ3) is 3.59. The predicted molar refractivity (Wildman–Crippen MR) is 124 cm³/mol. The second-order valence-electron chi connectivity index (χ2n) is 7.60. The Hall–Kier alpha value is -2.86. The number of carboxylic acids is 1. The van der Waals surface area contributed by atoms with Crippen molar-refractivity contribution < 1.29 is 9.90 Å². The molecule has 31 heavy (non-hydrogen) atoms. The number of fused-ring (bicyclic) bond motifs is 2. The molecule has 0 saturated heterocycles. The molecule has 0 bridgehead atoms. The first-order chi connectivity index (χ1) is 14.5. The van der Waals surface area contributed by atoms with E-state index in [0.29, 0.717) is 17.7 Å². The summed E-state index contributed by atoms with van der Waals surface area (Å²) in [4.78, 5) is 16.7. The van der Waals surface area contributed by atoms with Crippen LogP contribution in [0.3, 0.4) is 0 Å². The van der Waals surface area contributed by atoms with Gasteiger partial charge in [0, 0.05) is 71.9 Å². The standard InChI is InChI=1S/C25H21N3O2.Na/c1-16-8-7-11-20-23(16)17(15-27(20)2)14-21-24(26-22-12-5-6-13-28(21)22)18-9-3-4-10-19(18)25(29)30;/h3-13,15H,14H2,1-2H3,(H,29,30);. The number of hydrogen-bond donors (Lipinski definition) is 1. The summed E-state index contributed by atoms with van der Waals surface area (Å²) >= 11 is 0. The van der Waals surface area contributed by atoms with Crippen LogP contribution in [0, 0.1) is 6.92 Å². The van der Waals surface area contributed by atoms with Gasteiger partial charge in [-0.25, -0.2) is 9.78 Å². The molecule has 3 aromatic heterocycles. The maximum Gasteiger partial charge on any atom is 0.336 e. The van der Waals surface area contributed by atoms with E-state index in [9.17, 15) is 9.90 Å². The maximum absolute atomic E-state index is 11.9. The summed E-state index contributed by atoms with van der Waals surface area (Å²) in [7, 11) is 2.06. The second kappa shape index (κ2) is 8.35. The van der Waals surface area contributed by atoms with Gasteiger partial charge in [0.25, 0.3) is 0 Å². The second-order valence-corrected chi connectivity index (χ2v) is 7.60. The number of carboxylic acid groups (broad SMARTS) is 1. The Morgan fingerprint density at radius 2 is 1.81 bits per heavy atom. The van der Waals surface area contributed by atoms with Crippen molar-refractivity contribution in [2.24, 2.45) is 7.05 Å². The number of aromatic nitrogens is 3. The van der Waals surface area contributed by atoms with Gasteiger partial charge in [0.2, 0.25) is 0 Å². The van der Waals surface area contributed by atoms with Gasteiger partial charge in [0.15, 0.2) is 0 Å². The molecule has 0 aliphatic carbocycles. The predicted octanol–water partition coefficient (Wildman–Crippen LogP) is 4.71. The Kier molecular flexibility index (Phi) is 5.75. The molecule has 1 radical (unpaired) electrons. The minimum Gasteiger partial charge on any atom is -0.478 e. The minimum atomic E-state index is -0.949. The van der Waals surface area contributed by atoms with Crippen LogP contribution in [0.2, 0.25) is 0 Å². The molecule has 3 heterocycles. The summed E-state index contributed by atoms with van der Waals surface area (Å²) in [6, 6.07) is 19.3. The molecule has 5 rings (SSSR count). The van der Waals surface area contributed by atoms with Crippen LogP contribution < -0.4 is 0 Å². The van der Waals surface area contributed by atoms with E-state index in [1.54, 1.807) is 12.1 Å². The Bertz CT molecular complexity index is 1430. The topological polar surface area (TPSA) is 59.5 Å². The van der Waals surface area contributed by atoms with E-state index in [2.05, 4.69) is 47.3 Å². The molecule has 0 spiro atoms. The normalized spacial score (nSPS) is 11.0. The van der Waals surface area contributed by atoms with Crippen LogP contribution in [0.1, 0.15) is 27.2 Å². The number of nitrogens with zero attached hydrogens (tertiary/aromatic N) is 3. The number of pyridine rings is 1. The van der Waals surface area contributed by atoms with Crippen LogP contribution in [-0.4, -0.2) is 54.6 Å². The molecule has 0 fully saturated rings. The zero-order valence-corrected chi connectivity index (χ0v) is 19.8. The molecule has 0 saturated carbocycles. The zero-order valence-electron chi connectivity index (χ0n) is 17.8. The van der Waals surface area contributed by atoms with Gasteiger partial charge in [-0.15, -0.1) is 0 Å². The van der Waals surface area contributed by atoms with Crippen molar-refractivity contribution in [2.45, 2.75) is 13.3 Å². The molecule has 0 amide bonds. The van der Waals surface area contributed by atoms with Crippen molar-refractivity contribution in [3.05, 3.63) is 95.4 Å². The number of hydrogen-bond acceptors (Lipinski definition) is 2.